The van der Waals surface area contributed by atoms with E-state index in [4.69, 9.17) is 30.5 Å². The Morgan fingerprint density at radius 3 is 2.41 bits per heavy atom. The Bertz CT molecular complexity index is 2400. The third-order valence-corrected chi connectivity index (χ3v) is 16.7. The number of benzene rings is 2. The molecule has 6 aliphatic rings. The highest BCUT2D eigenvalue weighted by Crippen LogP contribution is 2.68. The zero-order chi connectivity index (χ0) is 44.2. The summed E-state index contributed by atoms with van der Waals surface area (Å²) in [5.41, 5.74) is -3.44. The van der Waals surface area contributed by atoms with E-state index in [-0.39, 0.29) is 48.1 Å². The second-order valence-corrected chi connectivity index (χ2v) is 19.1. The van der Waals surface area contributed by atoms with Gasteiger partial charge in [0.15, 0.2) is 12.1 Å². The second kappa shape index (κ2) is 16.0. The van der Waals surface area contributed by atoms with Gasteiger partial charge >= 0.3 is 17.9 Å². The standard InChI is InChI=1S/C47H58ClN4O10.HI/c1-7-43(57)22-29-23-46(41(55)60-5,37-31(14-19-52(24-29,25-43)26-48)30-12-9-10-13-34(30)49-37)33-20-32-35(21-36(33)59-4)51(27-53)39-45(32)16-18-50-17-11-15-44(8-2,38(45)50)40(62-28(3)54)47(39,58)42(56)61-6;/h9-13,15,20-21,27,29,38-40,49,57-58H,7-8,14,16-19,22-26H2,1-6H3;1H/q+1;/p-1/t29-,38+,39-,40-,43+,44-,45-,46+,47+,52+;/m1./s1. The number of aromatic nitrogens is 1. The summed E-state index contributed by atoms with van der Waals surface area (Å²) in [7, 11) is 4.07. The van der Waals surface area contributed by atoms with Crippen LogP contribution in [-0.2, 0) is 50.6 Å². The Balaban J connectivity index is 0.00000544. The topological polar surface area (TPSA) is 168 Å². The van der Waals surface area contributed by atoms with Gasteiger partial charge in [-0.3, -0.25) is 19.3 Å². The van der Waals surface area contributed by atoms with Gasteiger partial charge in [0.1, 0.15) is 23.3 Å². The Kier molecular flexibility index (Phi) is 11.6. The summed E-state index contributed by atoms with van der Waals surface area (Å²) in [5, 5.41) is 26.5. The van der Waals surface area contributed by atoms with Gasteiger partial charge in [0.25, 0.3) is 0 Å². The molecule has 1 amide bonds. The quantitative estimate of drug-likeness (QED) is 0.0413. The second-order valence-electron chi connectivity index (χ2n) is 18.9. The van der Waals surface area contributed by atoms with Crippen molar-refractivity contribution in [3.05, 3.63) is 70.9 Å². The summed E-state index contributed by atoms with van der Waals surface area (Å²) in [6, 6.07) is 10.2. The minimum atomic E-state index is -2.55. The number of amides is 1. The molecule has 10 atom stereocenters. The number of alkyl halides is 1. The third kappa shape index (κ3) is 6.07. The molecule has 3 fully saturated rings. The molecule has 0 radical (unpaired) electrons. The normalized spacial score (nSPS) is 36.3. The number of nitrogens with zero attached hydrogens (tertiary/aromatic N) is 3. The number of halogens is 2. The van der Waals surface area contributed by atoms with Gasteiger partial charge < -0.3 is 67.5 Å². The number of H-pyrrole nitrogens is 1. The van der Waals surface area contributed by atoms with E-state index in [1.54, 1.807) is 6.07 Å². The van der Waals surface area contributed by atoms with Crippen molar-refractivity contribution in [3.8, 4) is 5.75 Å². The summed E-state index contributed by atoms with van der Waals surface area (Å²) in [4.78, 5) is 64.1. The number of methoxy groups -OCH3 is 3. The molecule has 2 aromatic carbocycles. The number of ether oxygens (including phenoxy) is 4. The Labute approximate surface area is 389 Å². The van der Waals surface area contributed by atoms with Crippen molar-refractivity contribution in [3.63, 3.8) is 0 Å². The molecular weight excluding hydrogens is 943 g/mol. The van der Waals surface area contributed by atoms with Gasteiger partial charge in [-0.2, -0.15) is 0 Å². The Morgan fingerprint density at radius 1 is 1.02 bits per heavy atom. The number of carbonyl (C=O) groups excluding carboxylic acids is 4. The maximum absolute atomic E-state index is 15.5. The number of nitrogens with one attached hydrogen (secondary N) is 1. The highest BCUT2D eigenvalue weighted by molar-refractivity contribution is 6.17. The molecule has 0 unspecified atom stereocenters. The fourth-order valence-electron chi connectivity index (χ4n) is 14.0. The van der Waals surface area contributed by atoms with Crippen LogP contribution >= 0.6 is 11.6 Å². The van der Waals surface area contributed by atoms with E-state index in [2.05, 4.69) is 9.88 Å². The van der Waals surface area contributed by atoms with E-state index in [0.29, 0.717) is 98.2 Å². The molecule has 1 saturated carbocycles. The first-order chi connectivity index (χ1) is 29.7. The lowest BCUT2D eigenvalue weighted by Gasteiger charge is -2.63. The van der Waals surface area contributed by atoms with Crippen molar-refractivity contribution in [2.75, 3.05) is 65.0 Å². The molecule has 5 aliphatic heterocycles. The predicted molar refractivity (Wildman–Crippen MR) is 230 cm³/mol. The van der Waals surface area contributed by atoms with Crippen LogP contribution < -0.4 is 33.6 Å². The largest absolute Gasteiger partial charge is 1.00 e. The SMILES string of the molecule is CC[C@]1(O)C[C@@H]2C[C@](C(=O)OC)(c3cc4c(cc3OC)N(C=O)[C@H]3[C@@](O)(C(=O)OC)[C@H](OC(C)=O)[C@]5(CC)C=CCN6CC[C@]43[C@@H]65)c3[nH]c4ccccc4c3CC[N@+](CCl)(C2)C1.[I-]. The first-order valence-electron chi connectivity index (χ1n) is 21.8. The predicted octanol–water partition coefficient (Wildman–Crippen LogP) is 1.23. The summed E-state index contributed by atoms with van der Waals surface area (Å²) in [5.74, 6) is -2.18. The van der Waals surface area contributed by atoms with E-state index in [1.165, 1.54) is 33.2 Å². The highest BCUT2D eigenvalue weighted by atomic mass is 127. The van der Waals surface area contributed by atoms with Crippen LogP contribution in [0, 0.1) is 11.3 Å². The molecule has 63 heavy (non-hydrogen) atoms. The molecule has 1 aliphatic carbocycles. The minimum absolute atomic E-state index is 0. The monoisotopic (exact) mass is 1000 g/mol. The number of hydrogen-bond donors (Lipinski definition) is 3. The Hall–Kier alpha value is -3.74. The minimum Gasteiger partial charge on any atom is -1.00 e. The number of hydrogen-bond acceptors (Lipinski definition) is 11. The molecule has 6 heterocycles. The Morgan fingerprint density at radius 2 is 1.76 bits per heavy atom. The molecule has 9 rings (SSSR count). The van der Waals surface area contributed by atoms with Crippen LogP contribution in [0.5, 0.6) is 5.75 Å². The van der Waals surface area contributed by atoms with Crippen molar-refractivity contribution in [2.24, 2.45) is 11.3 Å². The number of quaternary nitrogens is 1. The number of aromatic amines is 1. The van der Waals surface area contributed by atoms with Crippen molar-refractivity contribution < 1.29 is 76.8 Å². The zero-order valence-electron chi connectivity index (χ0n) is 36.7. The number of aliphatic hydroxyl groups is 2. The molecule has 3 N–H and O–H groups in total. The van der Waals surface area contributed by atoms with Crippen molar-refractivity contribution in [1.82, 2.24) is 9.88 Å². The fraction of sp³-hybridized carbons (Fsp3) is 0.574. The first kappa shape index (κ1) is 45.8. The highest BCUT2D eigenvalue weighted by Gasteiger charge is 2.81. The number of para-hydroxylation sites is 1. The van der Waals surface area contributed by atoms with E-state index in [1.807, 2.05) is 56.3 Å². The summed E-state index contributed by atoms with van der Waals surface area (Å²) in [6.07, 6.45) is 5.61. The molecule has 14 nitrogen and oxygen atoms in total. The summed E-state index contributed by atoms with van der Waals surface area (Å²) >= 11 is 6.93. The third-order valence-electron chi connectivity index (χ3n) is 16.2. The van der Waals surface area contributed by atoms with Crippen LogP contribution in [0.25, 0.3) is 10.9 Å². The number of carbonyl (C=O) groups is 4. The van der Waals surface area contributed by atoms with Crippen LogP contribution in [0.2, 0.25) is 0 Å². The van der Waals surface area contributed by atoms with Crippen molar-refractivity contribution in [1.29, 1.82) is 0 Å². The molecule has 16 heteroatoms. The van der Waals surface area contributed by atoms with Gasteiger partial charge in [0.05, 0.1) is 46.1 Å². The zero-order valence-corrected chi connectivity index (χ0v) is 39.7. The smallest absolute Gasteiger partial charge is 0.344 e. The lowest BCUT2D eigenvalue weighted by atomic mass is 9.47. The van der Waals surface area contributed by atoms with Gasteiger partial charge in [-0.05, 0) is 61.9 Å². The number of piperidine rings is 1. The molecular formula is C47H58ClIN4O10. The van der Waals surface area contributed by atoms with Crippen molar-refractivity contribution >= 4 is 52.5 Å². The van der Waals surface area contributed by atoms with Gasteiger partial charge in [-0.1, -0.05) is 55.8 Å². The maximum atomic E-state index is 15.5. The average molecular weight is 1000 g/mol. The van der Waals surface area contributed by atoms with Crippen LogP contribution in [0.1, 0.15) is 75.3 Å². The fourth-order valence-corrected chi connectivity index (χ4v) is 14.3. The van der Waals surface area contributed by atoms with Crippen LogP contribution in [0.3, 0.4) is 0 Å². The van der Waals surface area contributed by atoms with Gasteiger partial charge in [0.2, 0.25) is 12.0 Å². The maximum Gasteiger partial charge on any atom is 0.344 e. The first-order valence-corrected chi connectivity index (χ1v) is 22.4. The number of rotatable bonds is 9. The summed E-state index contributed by atoms with van der Waals surface area (Å²) in [6.45, 7) is 8.01. The number of esters is 3. The molecule has 2 saturated heterocycles. The van der Waals surface area contributed by atoms with Gasteiger partial charge in [-0.15, -0.1) is 0 Å². The molecule has 340 valence electrons. The summed E-state index contributed by atoms with van der Waals surface area (Å²) < 4.78 is 24.2. The van der Waals surface area contributed by atoms with Crippen LogP contribution in [0.15, 0.2) is 48.6 Å². The van der Waals surface area contributed by atoms with E-state index in [9.17, 15) is 24.6 Å². The van der Waals surface area contributed by atoms with Crippen LogP contribution in [0.4, 0.5) is 5.69 Å². The van der Waals surface area contributed by atoms with E-state index in [0.717, 1.165) is 16.5 Å². The number of fused-ring (bicyclic) bond motifs is 6. The van der Waals surface area contributed by atoms with Crippen molar-refractivity contribution in [2.45, 2.75) is 99.5 Å². The lowest BCUT2D eigenvalue weighted by molar-refractivity contribution is -0.932. The average Bonchev–Trinajstić information content (AvgIpc) is 3.95. The van der Waals surface area contributed by atoms with E-state index < -0.39 is 63.5 Å². The van der Waals surface area contributed by atoms with Gasteiger partial charge in [-0.25, -0.2) is 4.79 Å². The van der Waals surface area contributed by atoms with Crippen LogP contribution in [-0.4, -0.2) is 138 Å². The molecule has 2 bridgehead atoms. The lowest BCUT2D eigenvalue weighted by Crippen LogP contribution is -3.00. The van der Waals surface area contributed by atoms with Gasteiger partial charge in [0, 0.05) is 70.9 Å². The molecule has 1 aromatic heterocycles. The number of anilines is 1. The van der Waals surface area contributed by atoms with E-state index >= 15 is 4.79 Å². The molecule has 1 spiro atoms. The molecule has 3 aromatic rings.